The Labute approximate surface area is 76.4 Å². The highest BCUT2D eigenvalue weighted by Crippen LogP contribution is 2.21. The smallest absolute Gasteiger partial charge is 0.378 e. The molecule has 2 N–H and O–H groups in total. The number of oxazole rings is 1. The van der Waals surface area contributed by atoms with Gasteiger partial charge in [-0.3, -0.25) is 0 Å². The maximum absolute atomic E-state index is 9.31. The van der Waals surface area contributed by atoms with Crippen molar-refractivity contribution < 1.29 is 14.5 Å². The number of aromatic amines is 1. The van der Waals surface area contributed by atoms with Crippen LogP contribution in [0.2, 0.25) is 0 Å². The van der Waals surface area contributed by atoms with Crippen molar-refractivity contribution in [2.45, 2.75) is 19.8 Å². The fourth-order valence-electron chi connectivity index (χ4n) is 1.37. The van der Waals surface area contributed by atoms with Crippen LogP contribution < -0.4 is 4.98 Å². The van der Waals surface area contributed by atoms with Crippen LogP contribution in [0.4, 0.5) is 0 Å². The van der Waals surface area contributed by atoms with Crippen molar-refractivity contribution in [3.8, 4) is 0 Å². The van der Waals surface area contributed by atoms with Crippen LogP contribution in [-0.2, 0) is 0 Å². The van der Waals surface area contributed by atoms with Crippen molar-refractivity contribution in [1.29, 1.82) is 0 Å². The summed E-state index contributed by atoms with van der Waals surface area (Å²) in [5.74, 6) is 1.13. The standard InChI is InChI=1S/C10H11NO2/c1-7-6-13-10(11-7)8-3-2-4-9(12)5-8/h3,5-6,12H,2,4H2,1H3/p+1. The van der Waals surface area contributed by atoms with Crippen LogP contribution in [0.25, 0.3) is 5.57 Å². The number of rotatable bonds is 1. The minimum absolute atomic E-state index is 0.417. The predicted octanol–water partition coefficient (Wildman–Crippen LogP) is 2.02. The second kappa shape index (κ2) is 3.09. The number of aliphatic hydroxyl groups is 1. The summed E-state index contributed by atoms with van der Waals surface area (Å²) in [6, 6.07) is 0. The van der Waals surface area contributed by atoms with E-state index in [1.807, 2.05) is 6.92 Å². The molecule has 2 rings (SSSR count). The van der Waals surface area contributed by atoms with E-state index in [0.717, 1.165) is 24.1 Å². The molecule has 0 aromatic carbocycles. The maximum Gasteiger partial charge on any atom is 0.378 e. The van der Waals surface area contributed by atoms with E-state index in [0.29, 0.717) is 11.6 Å². The van der Waals surface area contributed by atoms with Crippen LogP contribution in [0.1, 0.15) is 24.4 Å². The molecule has 0 fully saturated rings. The molecule has 68 valence electrons. The lowest BCUT2D eigenvalue weighted by atomic mass is 10.1. The van der Waals surface area contributed by atoms with Gasteiger partial charge in [0.05, 0.1) is 11.3 Å². The molecular formula is C10H12NO2+. The maximum atomic E-state index is 9.31. The summed E-state index contributed by atoms with van der Waals surface area (Å²) in [7, 11) is 0. The summed E-state index contributed by atoms with van der Waals surface area (Å²) in [5, 5.41) is 9.31. The van der Waals surface area contributed by atoms with Gasteiger partial charge in [-0.25, -0.2) is 0 Å². The van der Waals surface area contributed by atoms with Gasteiger partial charge in [-0.2, -0.15) is 4.98 Å². The minimum atomic E-state index is 0.417. The summed E-state index contributed by atoms with van der Waals surface area (Å²) < 4.78 is 5.27. The molecule has 0 saturated carbocycles. The van der Waals surface area contributed by atoms with Crippen molar-refractivity contribution in [3.63, 3.8) is 0 Å². The monoisotopic (exact) mass is 178 g/mol. The first kappa shape index (κ1) is 8.10. The van der Waals surface area contributed by atoms with Crippen molar-refractivity contribution in [2.24, 2.45) is 0 Å². The van der Waals surface area contributed by atoms with E-state index in [9.17, 15) is 5.11 Å². The highest BCUT2D eigenvalue weighted by atomic mass is 16.3. The van der Waals surface area contributed by atoms with Gasteiger partial charge < -0.3 is 9.52 Å². The molecule has 0 radical (unpaired) electrons. The fraction of sp³-hybridized carbons (Fsp3) is 0.300. The van der Waals surface area contributed by atoms with E-state index in [-0.39, 0.29) is 0 Å². The van der Waals surface area contributed by atoms with Crippen molar-refractivity contribution in [2.75, 3.05) is 0 Å². The summed E-state index contributed by atoms with van der Waals surface area (Å²) in [4.78, 5) is 3.08. The number of hydrogen-bond acceptors (Lipinski definition) is 2. The minimum Gasteiger partial charge on any atom is -0.512 e. The molecule has 1 aromatic heterocycles. The molecule has 0 amide bonds. The van der Waals surface area contributed by atoms with Crippen molar-refractivity contribution in [1.82, 2.24) is 0 Å². The third kappa shape index (κ3) is 1.64. The number of hydrogen-bond donors (Lipinski definition) is 1. The number of aromatic nitrogens is 1. The van der Waals surface area contributed by atoms with E-state index in [1.165, 1.54) is 0 Å². The average molecular weight is 178 g/mol. The van der Waals surface area contributed by atoms with Crippen LogP contribution in [0.15, 0.2) is 28.6 Å². The van der Waals surface area contributed by atoms with Gasteiger partial charge in [-0.15, -0.1) is 0 Å². The van der Waals surface area contributed by atoms with Gasteiger partial charge in [-0.05, 0) is 12.5 Å². The van der Waals surface area contributed by atoms with Crippen LogP contribution in [0, 0.1) is 6.92 Å². The Kier molecular flexibility index (Phi) is 1.93. The van der Waals surface area contributed by atoms with Gasteiger partial charge in [0, 0.05) is 13.3 Å². The summed E-state index contributed by atoms with van der Waals surface area (Å²) in [6.07, 6.45) is 7.04. The molecule has 0 spiro atoms. The van der Waals surface area contributed by atoms with Gasteiger partial charge in [-0.1, -0.05) is 6.08 Å². The third-order valence-corrected chi connectivity index (χ3v) is 2.01. The zero-order valence-electron chi connectivity index (χ0n) is 7.50. The molecule has 1 aromatic rings. The van der Waals surface area contributed by atoms with Crippen LogP contribution in [0.5, 0.6) is 0 Å². The first-order valence-corrected chi connectivity index (χ1v) is 4.33. The van der Waals surface area contributed by atoms with E-state index >= 15 is 0 Å². The zero-order valence-corrected chi connectivity index (χ0v) is 7.50. The molecule has 3 nitrogen and oxygen atoms in total. The Bertz CT molecular complexity index is 374. The molecule has 1 heterocycles. The highest BCUT2D eigenvalue weighted by molar-refractivity contribution is 5.68. The van der Waals surface area contributed by atoms with Crippen LogP contribution >= 0.6 is 0 Å². The molecule has 13 heavy (non-hydrogen) atoms. The molecule has 0 atom stereocenters. The molecule has 0 unspecified atom stereocenters. The fourth-order valence-corrected chi connectivity index (χ4v) is 1.37. The second-order valence-corrected chi connectivity index (χ2v) is 3.21. The number of aliphatic hydroxyl groups excluding tert-OH is 1. The van der Waals surface area contributed by atoms with Gasteiger partial charge in [0.15, 0.2) is 6.26 Å². The van der Waals surface area contributed by atoms with Crippen LogP contribution in [0.3, 0.4) is 0 Å². The molecule has 1 aliphatic carbocycles. The van der Waals surface area contributed by atoms with Gasteiger partial charge in [0.25, 0.3) is 0 Å². The number of H-pyrrole nitrogens is 1. The third-order valence-electron chi connectivity index (χ3n) is 2.01. The van der Waals surface area contributed by atoms with Gasteiger partial charge >= 0.3 is 5.89 Å². The Hall–Kier alpha value is -1.51. The summed E-state index contributed by atoms with van der Waals surface area (Å²) >= 11 is 0. The van der Waals surface area contributed by atoms with E-state index in [2.05, 4.69) is 11.1 Å². The Balaban J connectivity index is 2.32. The topological polar surface area (TPSA) is 47.5 Å². The largest absolute Gasteiger partial charge is 0.512 e. The van der Waals surface area contributed by atoms with E-state index < -0.39 is 0 Å². The van der Waals surface area contributed by atoms with Crippen molar-refractivity contribution >= 4 is 5.57 Å². The molecule has 1 aliphatic rings. The lowest BCUT2D eigenvalue weighted by Gasteiger charge is -2.03. The normalized spacial score (nSPS) is 16.7. The SMILES string of the molecule is Cc1coc(C2=CCCC(O)=C2)[nH+]1. The molecular weight excluding hydrogens is 166 g/mol. The zero-order chi connectivity index (χ0) is 9.26. The van der Waals surface area contributed by atoms with E-state index in [1.54, 1.807) is 12.3 Å². The van der Waals surface area contributed by atoms with Crippen molar-refractivity contribution in [3.05, 3.63) is 35.8 Å². The highest BCUT2D eigenvalue weighted by Gasteiger charge is 2.15. The number of nitrogens with one attached hydrogen (secondary N) is 1. The Morgan fingerprint density at radius 3 is 3.00 bits per heavy atom. The Morgan fingerprint density at radius 2 is 2.38 bits per heavy atom. The molecule has 0 aliphatic heterocycles. The van der Waals surface area contributed by atoms with E-state index in [4.69, 9.17) is 4.42 Å². The molecule has 0 saturated heterocycles. The second-order valence-electron chi connectivity index (χ2n) is 3.21. The lowest BCUT2D eigenvalue weighted by molar-refractivity contribution is -0.396. The first-order valence-electron chi connectivity index (χ1n) is 4.33. The predicted molar refractivity (Wildman–Crippen MR) is 47.9 cm³/mol. The molecule has 3 heteroatoms. The summed E-state index contributed by atoms with van der Waals surface area (Å²) in [6.45, 7) is 1.93. The first-order chi connectivity index (χ1) is 6.25. The summed E-state index contributed by atoms with van der Waals surface area (Å²) in [5.41, 5.74) is 1.91. The number of allylic oxidation sites excluding steroid dienone is 4. The lowest BCUT2D eigenvalue weighted by Crippen LogP contribution is -2.08. The van der Waals surface area contributed by atoms with Crippen LogP contribution in [-0.4, -0.2) is 5.11 Å². The van der Waals surface area contributed by atoms with Gasteiger partial charge in [0.1, 0.15) is 0 Å². The average Bonchev–Trinajstić information content (AvgIpc) is 2.52. The quantitative estimate of drug-likeness (QED) is 0.715. The Morgan fingerprint density at radius 1 is 1.54 bits per heavy atom. The number of aryl methyl sites for hydroxylation is 1. The molecule has 0 bridgehead atoms. The van der Waals surface area contributed by atoms with Gasteiger partial charge in [0.2, 0.25) is 5.69 Å².